The van der Waals surface area contributed by atoms with Crippen LogP contribution in [0.15, 0.2) is 18.2 Å². The van der Waals surface area contributed by atoms with Crippen LogP contribution in [0.4, 0.5) is 8.78 Å². The minimum atomic E-state index is -0.559. The summed E-state index contributed by atoms with van der Waals surface area (Å²) in [6.45, 7) is 4.63. The maximum atomic E-state index is 13.9. The lowest BCUT2D eigenvalue weighted by Gasteiger charge is -2.31. The summed E-state index contributed by atoms with van der Waals surface area (Å²) in [5.41, 5.74) is 0.483. The number of rotatable bonds is 7. The fourth-order valence-electron chi connectivity index (χ4n) is 3.06. The molecule has 3 rings (SSSR count). The van der Waals surface area contributed by atoms with Crippen molar-refractivity contribution in [2.75, 3.05) is 39.4 Å². The average molecular weight is 326 g/mol. The van der Waals surface area contributed by atoms with Gasteiger partial charge in [-0.2, -0.15) is 0 Å². The Kier molecular flexibility index (Phi) is 5.58. The summed E-state index contributed by atoms with van der Waals surface area (Å²) in [4.78, 5) is 4.30. The van der Waals surface area contributed by atoms with E-state index >= 15 is 0 Å². The first-order chi connectivity index (χ1) is 11.1. The third-order valence-electron chi connectivity index (χ3n) is 4.47. The minimum Gasteiger partial charge on any atom is -0.390 e. The van der Waals surface area contributed by atoms with Crippen molar-refractivity contribution in [3.05, 3.63) is 35.4 Å². The highest BCUT2D eigenvalue weighted by Gasteiger charge is 2.31. The van der Waals surface area contributed by atoms with E-state index in [-0.39, 0.29) is 0 Å². The number of morpholine rings is 1. The fourth-order valence-corrected chi connectivity index (χ4v) is 3.06. The molecule has 1 aliphatic heterocycles. The molecule has 1 aromatic rings. The Morgan fingerprint density at radius 1 is 1.26 bits per heavy atom. The van der Waals surface area contributed by atoms with Gasteiger partial charge in [0.05, 0.1) is 19.3 Å². The van der Waals surface area contributed by atoms with Gasteiger partial charge in [0.15, 0.2) is 0 Å². The smallest absolute Gasteiger partial charge is 0.130 e. The van der Waals surface area contributed by atoms with E-state index in [1.165, 1.54) is 12.1 Å². The maximum Gasteiger partial charge on any atom is 0.130 e. The molecule has 6 heteroatoms. The monoisotopic (exact) mass is 326 g/mol. The van der Waals surface area contributed by atoms with Crippen LogP contribution in [0.5, 0.6) is 0 Å². The Morgan fingerprint density at radius 2 is 2.00 bits per heavy atom. The molecule has 0 aromatic heterocycles. The number of nitrogens with zero attached hydrogens (tertiary/aromatic N) is 2. The molecule has 128 valence electrons. The zero-order chi connectivity index (χ0) is 16.2. The van der Waals surface area contributed by atoms with Crippen LogP contribution in [0.1, 0.15) is 18.4 Å². The van der Waals surface area contributed by atoms with Crippen molar-refractivity contribution >= 4 is 0 Å². The van der Waals surface area contributed by atoms with Gasteiger partial charge in [-0.05, 0) is 18.9 Å². The zero-order valence-corrected chi connectivity index (χ0v) is 13.3. The highest BCUT2D eigenvalue weighted by molar-refractivity contribution is 5.18. The van der Waals surface area contributed by atoms with Gasteiger partial charge in [-0.3, -0.25) is 9.80 Å². The number of halogens is 2. The van der Waals surface area contributed by atoms with Crippen molar-refractivity contribution in [1.82, 2.24) is 9.80 Å². The second-order valence-electron chi connectivity index (χ2n) is 6.46. The topological polar surface area (TPSA) is 35.9 Å². The number of hydrogen-bond donors (Lipinski definition) is 1. The van der Waals surface area contributed by atoms with Crippen LogP contribution in [0.2, 0.25) is 0 Å². The van der Waals surface area contributed by atoms with Crippen molar-refractivity contribution < 1.29 is 18.6 Å². The van der Waals surface area contributed by atoms with E-state index in [2.05, 4.69) is 9.80 Å². The number of benzene rings is 1. The Balaban J connectivity index is 1.56. The highest BCUT2D eigenvalue weighted by Crippen LogP contribution is 2.29. The number of ether oxygens (including phenoxy) is 1. The van der Waals surface area contributed by atoms with E-state index in [0.717, 1.165) is 32.0 Å². The van der Waals surface area contributed by atoms with Crippen LogP contribution < -0.4 is 0 Å². The Hall–Kier alpha value is -1.08. The van der Waals surface area contributed by atoms with Gasteiger partial charge >= 0.3 is 0 Å². The van der Waals surface area contributed by atoms with E-state index in [1.54, 1.807) is 0 Å². The van der Waals surface area contributed by atoms with Gasteiger partial charge in [0.2, 0.25) is 0 Å². The molecule has 0 spiro atoms. The van der Waals surface area contributed by atoms with Gasteiger partial charge < -0.3 is 9.84 Å². The fraction of sp³-hybridized carbons (Fsp3) is 0.647. The quantitative estimate of drug-likeness (QED) is 0.826. The third kappa shape index (κ3) is 4.94. The predicted octanol–water partition coefficient (Wildman–Crippen LogP) is 1.62. The summed E-state index contributed by atoms with van der Waals surface area (Å²) in [6, 6.07) is 4.10. The minimum absolute atomic E-state index is 0.402. The highest BCUT2D eigenvalue weighted by atomic mass is 19.1. The zero-order valence-electron chi connectivity index (χ0n) is 13.3. The number of aliphatic hydroxyl groups is 1. The summed E-state index contributed by atoms with van der Waals surface area (Å²) < 4.78 is 32.2. The Labute approximate surface area is 135 Å². The van der Waals surface area contributed by atoms with Gasteiger partial charge in [-0.25, -0.2) is 8.78 Å². The van der Waals surface area contributed by atoms with Crippen LogP contribution in [0.3, 0.4) is 0 Å². The van der Waals surface area contributed by atoms with Crippen molar-refractivity contribution in [3.8, 4) is 0 Å². The third-order valence-corrected chi connectivity index (χ3v) is 4.47. The molecule has 1 N–H and O–H groups in total. The molecule has 1 heterocycles. The van der Waals surface area contributed by atoms with Crippen molar-refractivity contribution in [2.24, 2.45) is 0 Å². The lowest BCUT2D eigenvalue weighted by atomic mass is 10.1. The molecule has 0 radical (unpaired) electrons. The van der Waals surface area contributed by atoms with E-state index in [9.17, 15) is 13.9 Å². The maximum absolute atomic E-state index is 13.9. The van der Waals surface area contributed by atoms with Gasteiger partial charge in [0, 0.05) is 50.4 Å². The Bertz CT molecular complexity index is 519. The number of hydrogen-bond acceptors (Lipinski definition) is 4. The standard InChI is InChI=1S/C17H24F2N2O2/c18-14-2-1-13(17(19)9-14)10-21(15-3-4-15)12-16(22)11-20-5-7-23-8-6-20/h1-2,9,15-16,22H,3-8,10-12H2. The molecule has 2 aliphatic rings. The second kappa shape index (κ2) is 7.66. The van der Waals surface area contributed by atoms with E-state index < -0.39 is 17.7 Å². The average Bonchev–Trinajstić information content (AvgIpc) is 3.35. The Morgan fingerprint density at radius 3 is 2.65 bits per heavy atom. The lowest BCUT2D eigenvalue weighted by molar-refractivity contribution is 0.00543. The predicted molar refractivity (Wildman–Crippen MR) is 83.1 cm³/mol. The molecular formula is C17H24F2N2O2. The summed E-state index contributed by atoms with van der Waals surface area (Å²) >= 11 is 0. The summed E-state index contributed by atoms with van der Waals surface area (Å²) in [7, 11) is 0. The van der Waals surface area contributed by atoms with E-state index in [4.69, 9.17) is 4.74 Å². The van der Waals surface area contributed by atoms with Crippen LogP contribution in [0, 0.1) is 11.6 Å². The number of β-amino-alcohol motifs (C(OH)–C–C–N with tert-alkyl or cyclic N) is 1. The summed E-state index contributed by atoms with van der Waals surface area (Å²) in [5.74, 6) is -1.07. The second-order valence-corrected chi connectivity index (χ2v) is 6.46. The molecule has 2 fully saturated rings. The molecular weight excluding hydrogens is 302 g/mol. The molecule has 23 heavy (non-hydrogen) atoms. The lowest BCUT2D eigenvalue weighted by Crippen LogP contribution is -2.45. The molecule has 1 saturated heterocycles. The van der Waals surface area contributed by atoms with Gasteiger partial charge in [-0.15, -0.1) is 0 Å². The molecule has 0 amide bonds. The first-order valence-electron chi connectivity index (χ1n) is 8.28. The van der Waals surface area contributed by atoms with Gasteiger partial charge in [0.25, 0.3) is 0 Å². The first kappa shape index (κ1) is 16.8. The molecule has 4 nitrogen and oxygen atoms in total. The van der Waals surface area contributed by atoms with Gasteiger partial charge in [0.1, 0.15) is 11.6 Å². The summed E-state index contributed by atoms with van der Waals surface area (Å²) in [5, 5.41) is 10.4. The molecule has 1 unspecified atom stereocenters. The van der Waals surface area contributed by atoms with E-state index in [1.807, 2.05) is 0 Å². The SMILES string of the molecule is OC(CN1CCOCC1)CN(Cc1ccc(F)cc1F)C1CC1. The van der Waals surface area contributed by atoms with Crippen molar-refractivity contribution in [3.63, 3.8) is 0 Å². The summed E-state index contributed by atoms with van der Waals surface area (Å²) in [6.07, 6.45) is 1.68. The van der Waals surface area contributed by atoms with Crippen LogP contribution in [0.25, 0.3) is 0 Å². The largest absolute Gasteiger partial charge is 0.390 e. The molecule has 1 aliphatic carbocycles. The number of aliphatic hydroxyl groups excluding tert-OH is 1. The van der Waals surface area contributed by atoms with Gasteiger partial charge in [-0.1, -0.05) is 6.07 Å². The van der Waals surface area contributed by atoms with Crippen molar-refractivity contribution in [1.29, 1.82) is 0 Å². The van der Waals surface area contributed by atoms with Crippen LogP contribution in [-0.2, 0) is 11.3 Å². The molecule has 1 atom stereocenters. The van der Waals surface area contributed by atoms with Crippen LogP contribution in [-0.4, -0.2) is 66.4 Å². The van der Waals surface area contributed by atoms with Crippen molar-refractivity contribution in [2.45, 2.75) is 31.5 Å². The van der Waals surface area contributed by atoms with Crippen LogP contribution >= 0.6 is 0 Å². The first-order valence-corrected chi connectivity index (χ1v) is 8.28. The molecule has 1 saturated carbocycles. The molecule has 1 aromatic carbocycles. The molecule has 0 bridgehead atoms. The van der Waals surface area contributed by atoms with E-state index in [0.29, 0.717) is 44.5 Å². The normalized spacial score (nSPS) is 20.9.